The van der Waals surface area contributed by atoms with E-state index >= 15 is 0 Å². The van der Waals surface area contributed by atoms with E-state index in [1.165, 1.54) is 30.3 Å². The molecule has 3 nitrogen and oxygen atoms in total. The molecule has 1 aliphatic rings. The Morgan fingerprint density at radius 3 is 2.42 bits per heavy atom. The molecule has 1 fully saturated rings. The first-order valence-electron chi connectivity index (χ1n) is 10.4. The second-order valence-corrected chi connectivity index (χ2v) is 8.66. The fourth-order valence-corrected chi connectivity index (χ4v) is 4.15. The molecule has 0 aromatic heterocycles. The zero-order valence-electron chi connectivity index (χ0n) is 17.5. The van der Waals surface area contributed by atoms with Gasteiger partial charge in [-0.3, -0.25) is 4.79 Å². The molecule has 1 N–H and O–H groups in total. The Kier molecular flexibility index (Phi) is 7.95. The van der Waals surface area contributed by atoms with Gasteiger partial charge < -0.3 is 10.2 Å². The van der Waals surface area contributed by atoms with Crippen molar-refractivity contribution in [1.82, 2.24) is 4.90 Å². The van der Waals surface area contributed by atoms with Crippen LogP contribution in [-0.2, 0) is 11.0 Å². The van der Waals surface area contributed by atoms with Crippen molar-refractivity contribution >= 4 is 23.2 Å². The van der Waals surface area contributed by atoms with Gasteiger partial charge >= 0.3 is 12.4 Å². The van der Waals surface area contributed by atoms with Gasteiger partial charge in [0.1, 0.15) is 0 Å². The molecule has 0 aliphatic carbocycles. The van der Waals surface area contributed by atoms with Gasteiger partial charge in [0.15, 0.2) is 0 Å². The van der Waals surface area contributed by atoms with Gasteiger partial charge in [-0.15, -0.1) is 0 Å². The summed E-state index contributed by atoms with van der Waals surface area (Å²) in [6, 6.07) is 10.9. The summed E-state index contributed by atoms with van der Waals surface area (Å²) in [5, 5.41) is 2.87. The Balaban J connectivity index is 1.65. The summed E-state index contributed by atoms with van der Waals surface area (Å²) in [4.78, 5) is 13.8. The molecule has 1 saturated heterocycles. The van der Waals surface area contributed by atoms with Crippen LogP contribution in [0.2, 0.25) is 5.02 Å². The first-order valence-corrected chi connectivity index (χ1v) is 10.8. The van der Waals surface area contributed by atoms with Gasteiger partial charge in [0.05, 0.1) is 11.5 Å². The van der Waals surface area contributed by atoms with Crippen LogP contribution in [0.3, 0.4) is 0 Å². The summed E-state index contributed by atoms with van der Waals surface area (Å²) < 4.78 is 80.1. The molecule has 10 heteroatoms. The fraction of sp³-hybridized carbons (Fsp3) is 0.435. The van der Waals surface area contributed by atoms with Gasteiger partial charge in [-0.25, -0.2) is 0 Å². The van der Waals surface area contributed by atoms with Crippen LogP contribution in [0.25, 0.3) is 0 Å². The molecule has 0 spiro atoms. The largest absolute Gasteiger partial charge is 0.416 e. The van der Waals surface area contributed by atoms with Crippen molar-refractivity contribution in [2.45, 2.75) is 37.5 Å². The lowest BCUT2D eigenvalue weighted by Gasteiger charge is -2.35. The average molecular weight is 493 g/mol. The second-order valence-electron chi connectivity index (χ2n) is 8.22. The van der Waals surface area contributed by atoms with Gasteiger partial charge in [0.2, 0.25) is 5.91 Å². The molecule has 1 heterocycles. The Labute approximate surface area is 192 Å². The number of benzene rings is 2. The third-order valence-corrected chi connectivity index (χ3v) is 5.94. The summed E-state index contributed by atoms with van der Waals surface area (Å²) in [6.07, 6.45) is -8.69. The van der Waals surface area contributed by atoms with Crippen LogP contribution in [0.4, 0.5) is 32.0 Å². The van der Waals surface area contributed by atoms with E-state index in [9.17, 15) is 31.1 Å². The van der Waals surface area contributed by atoms with Gasteiger partial charge in [0.25, 0.3) is 0 Å². The van der Waals surface area contributed by atoms with Gasteiger partial charge in [-0.1, -0.05) is 29.8 Å². The minimum Gasteiger partial charge on any atom is -0.326 e. The minimum absolute atomic E-state index is 0.201. The van der Waals surface area contributed by atoms with Crippen molar-refractivity contribution in [2.75, 3.05) is 25.0 Å². The number of hydrogen-bond acceptors (Lipinski definition) is 2. The number of rotatable bonds is 6. The highest BCUT2D eigenvalue weighted by atomic mass is 35.5. The summed E-state index contributed by atoms with van der Waals surface area (Å²) in [7, 11) is 0. The molecule has 1 aliphatic heterocycles. The number of piperidine rings is 1. The number of carbonyl (C=O) groups is 1. The number of anilines is 1. The van der Waals surface area contributed by atoms with Crippen LogP contribution >= 0.6 is 11.6 Å². The van der Waals surface area contributed by atoms with Crippen molar-refractivity contribution in [3.8, 4) is 0 Å². The topological polar surface area (TPSA) is 32.3 Å². The first kappa shape index (κ1) is 25.4. The molecule has 2 aromatic carbocycles. The third-order valence-electron chi connectivity index (χ3n) is 5.69. The molecule has 180 valence electrons. The van der Waals surface area contributed by atoms with E-state index in [2.05, 4.69) is 5.32 Å². The van der Waals surface area contributed by atoms with Crippen LogP contribution in [-0.4, -0.2) is 36.6 Å². The van der Waals surface area contributed by atoms with Crippen molar-refractivity contribution in [2.24, 2.45) is 5.92 Å². The molecule has 2 atom stereocenters. The zero-order chi connectivity index (χ0) is 24.2. The highest BCUT2D eigenvalue weighted by molar-refractivity contribution is 6.30. The van der Waals surface area contributed by atoms with Crippen molar-refractivity contribution < 1.29 is 31.1 Å². The van der Waals surface area contributed by atoms with Crippen LogP contribution in [0, 0.1) is 5.92 Å². The maximum atomic E-state index is 13.7. The predicted octanol–water partition coefficient (Wildman–Crippen LogP) is 6.75. The zero-order valence-corrected chi connectivity index (χ0v) is 18.3. The standard InChI is InChI=1S/C23H23ClF6N2O/c24-19-6-8-20(9-7-19)31-21(33)12-18(23(28,29)30)14-32-10-2-4-16(13-32)15-3-1-5-17(11-15)22(25,26)27/h1,3,5-9,11,16,18H,2,4,10,12-14H2,(H,31,33)/t16-,18?/m1/s1. The number of nitrogens with one attached hydrogen (secondary N) is 1. The van der Waals surface area contributed by atoms with Crippen LogP contribution in [0.15, 0.2) is 48.5 Å². The average Bonchev–Trinajstić information content (AvgIpc) is 2.74. The Morgan fingerprint density at radius 1 is 1.09 bits per heavy atom. The molecular weight excluding hydrogens is 470 g/mol. The SMILES string of the molecule is O=C(CC(CN1CCC[C@@H](c2cccc(C(F)(F)F)c2)C1)C(F)(F)F)Nc1ccc(Cl)cc1. The van der Waals surface area contributed by atoms with Gasteiger partial charge in [-0.2, -0.15) is 26.3 Å². The fourth-order valence-electron chi connectivity index (χ4n) is 4.03. The van der Waals surface area contributed by atoms with Gasteiger partial charge in [0, 0.05) is 30.2 Å². The number of amides is 1. The summed E-state index contributed by atoms with van der Waals surface area (Å²) in [5.74, 6) is -2.98. The van der Waals surface area contributed by atoms with Crippen LogP contribution in [0.5, 0.6) is 0 Å². The quantitative estimate of drug-likeness (QED) is 0.453. The molecule has 0 saturated carbocycles. The lowest BCUT2D eigenvalue weighted by molar-refractivity contribution is -0.183. The molecule has 1 unspecified atom stereocenters. The molecule has 0 bridgehead atoms. The molecular formula is C23H23ClF6N2O. The summed E-state index contributed by atoms with van der Waals surface area (Å²) in [6.45, 7) is 0.195. The molecule has 0 radical (unpaired) electrons. The van der Waals surface area contributed by atoms with E-state index in [-0.39, 0.29) is 12.5 Å². The Bertz CT molecular complexity index is 945. The summed E-state index contributed by atoms with van der Waals surface area (Å²) >= 11 is 5.77. The number of hydrogen-bond donors (Lipinski definition) is 1. The number of carbonyl (C=O) groups excluding carboxylic acids is 1. The normalized spacial score (nSPS) is 18.7. The third kappa shape index (κ3) is 7.37. The van der Waals surface area contributed by atoms with E-state index in [0.29, 0.717) is 35.7 Å². The Morgan fingerprint density at radius 2 is 1.79 bits per heavy atom. The van der Waals surface area contributed by atoms with E-state index in [1.807, 2.05) is 0 Å². The van der Waals surface area contributed by atoms with E-state index < -0.39 is 42.7 Å². The van der Waals surface area contributed by atoms with E-state index in [0.717, 1.165) is 12.1 Å². The van der Waals surface area contributed by atoms with Crippen molar-refractivity contribution in [3.63, 3.8) is 0 Å². The van der Waals surface area contributed by atoms with E-state index in [1.54, 1.807) is 11.0 Å². The smallest absolute Gasteiger partial charge is 0.326 e. The molecule has 1 amide bonds. The molecule has 3 rings (SSSR count). The highest BCUT2D eigenvalue weighted by Crippen LogP contribution is 2.35. The van der Waals surface area contributed by atoms with Crippen molar-refractivity contribution in [1.29, 1.82) is 0 Å². The molecule has 33 heavy (non-hydrogen) atoms. The number of likely N-dealkylation sites (tertiary alicyclic amines) is 1. The minimum atomic E-state index is -4.60. The maximum absolute atomic E-state index is 13.7. The van der Waals surface area contributed by atoms with Crippen LogP contribution in [0.1, 0.15) is 36.3 Å². The second kappa shape index (κ2) is 10.3. The number of halogens is 7. The van der Waals surface area contributed by atoms with Crippen LogP contribution < -0.4 is 5.32 Å². The lowest BCUT2D eigenvalue weighted by atomic mass is 9.89. The first-order chi connectivity index (χ1) is 15.4. The van der Waals surface area contributed by atoms with E-state index in [4.69, 9.17) is 11.6 Å². The maximum Gasteiger partial charge on any atom is 0.416 e. The molecule has 2 aromatic rings. The highest BCUT2D eigenvalue weighted by Gasteiger charge is 2.42. The summed E-state index contributed by atoms with van der Waals surface area (Å²) in [5.41, 5.74) is 0.0237. The number of alkyl halides is 6. The predicted molar refractivity (Wildman–Crippen MR) is 114 cm³/mol. The monoisotopic (exact) mass is 492 g/mol. The number of nitrogens with zero attached hydrogens (tertiary/aromatic N) is 1. The lowest BCUT2D eigenvalue weighted by Crippen LogP contribution is -2.42. The van der Waals surface area contributed by atoms with Gasteiger partial charge in [-0.05, 0) is 61.2 Å². The Hall–Kier alpha value is -2.26. The van der Waals surface area contributed by atoms with Crippen molar-refractivity contribution in [3.05, 3.63) is 64.7 Å².